The minimum atomic E-state index is -0.239. The lowest BCUT2D eigenvalue weighted by Gasteiger charge is -2.50. The highest BCUT2D eigenvalue weighted by Gasteiger charge is 2.45. The Balaban J connectivity index is 1.19. The van der Waals surface area contributed by atoms with Gasteiger partial charge in [0.2, 0.25) is 11.8 Å². The highest BCUT2D eigenvalue weighted by Crippen LogP contribution is 2.38. The van der Waals surface area contributed by atoms with Crippen molar-refractivity contribution in [1.29, 1.82) is 0 Å². The van der Waals surface area contributed by atoms with Gasteiger partial charge in [-0.2, -0.15) is 0 Å². The number of amides is 2. The van der Waals surface area contributed by atoms with Crippen LogP contribution < -0.4 is 5.73 Å². The number of carbonyl (C=O) groups is 2. The molecule has 0 radical (unpaired) electrons. The first-order chi connectivity index (χ1) is 15.1. The number of likely N-dealkylation sites (tertiary alicyclic amines) is 1. The molecular formula is C22H29N7O2. The molecule has 6 rings (SSSR count). The van der Waals surface area contributed by atoms with Gasteiger partial charge in [-0.3, -0.25) is 24.2 Å². The Morgan fingerprint density at radius 2 is 1.94 bits per heavy atom. The van der Waals surface area contributed by atoms with Crippen LogP contribution in [0.15, 0.2) is 30.6 Å². The molecule has 4 unspecified atom stereocenters. The van der Waals surface area contributed by atoms with Crippen molar-refractivity contribution < 1.29 is 9.59 Å². The third-order valence-electron chi connectivity index (χ3n) is 7.27. The molecule has 0 aromatic carbocycles. The predicted octanol–water partition coefficient (Wildman–Crippen LogP) is 0.774. The van der Waals surface area contributed by atoms with Crippen molar-refractivity contribution in [1.82, 2.24) is 29.8 Å². The lowest BCUT2D eigenvalue weighted by atomic mass is 9.74. The van der Waals surface area contributed by atoms with Crippen LogP contribution in [0.2, 0.25) is 0 Å². The van der Waals surface area contributed by atoms with E-state index in [1.54, 1.807) is 6.20 Å². The normalized spacial score (nSPS) is 28.6. The van der Waals surface area contributed by atoms with Crippen molar-refractivity contribution in [3.05, 3.63) is 30.6 Å². The number of primary amides is 1. The molecule has 31 heavy (non-hydrogen) atoms. The van der Waals surface area contributed by atoms with E-state index in [9.17, 15) is 9.59 Å². The van der Waals surface area contributed by atoms with Crippen molar-refractivity contribution in [2.45, 2.75) is 38.3 Å². The molecule has 0 aliphatic carbocycles. The number of hydrogen-bond acceptors (Lipinski definition) is 6. The summed E-state index contributed by atoms with van der Waals surface area (Å²) in [5.41, 5.74) is 7.04. The molecule has 2 N–H and O–H groups in total. The second-order valence-corrected chi connectivity index (χ2v) is 9.08. The molecule has 0 saturated carbocycles. The maximum atomic E-state index is 13.2. The molecule has 2 amide bonds. The van der Waals surface area contributed by atoms with Gasteiger partial charge in [0.1, 0.15) is 5.69 Å². The minimum Gasteiger partial charge on any atom is -0.369 e. The van der Waals surface area contributed by atoms with Crippen LogP contribution in [0.5, 0.6) is 0 Å². The van der Waals surface area contributed by atoms with Crippen LogP contribution >= 0.6 is 0 Å². The standard InChI is InChI=1S/C22H29N7O2/c23-21(30)15-4-8-27(9-5-15)22(31)18-13-28-10-6-16(18)11-17(28)12-29-14-20(25-26-29)19-3-1-2-7-24-19/h1-3,7,14-18H,4-6,8-13H2,(H2,23,30). The van der Waals surface area contributed by atoms with Crippen LogP contribution in [0, 0.1) is 17.8 Å². The second kappa shape index (κ2) is 8.37. The Bertz CT molecular complexity index is 938. The first kappa shape index (κ1) is 20.1. The van der Waals surface area contributed by atoms with Gasteiger partial charge < -0.3 is 10.6 Å². The summed E-state index contributed by atoms with van der Waals surface area (Å²) >= 11 is 0. The first-order valence-corrected chi connectivity index (χ1v) is 11.2. The van der Waals surface area contributed by atoms with Crippen LogP contribution in [-0.2, 0) is 16.1 Å². The van der Waals surface area contributed by atoms with Gasteiger partial charge in [0.15, 0.2) is 0 Å². The zero-order valence-corrected chi connectivity index (χ0v) is 17.6. The highest BCUT2D eigenvalue weighted by molar-refractivity contribution is 5.81. The fourth-order valence-electron chi connectivity index (χ4n) is 5.46. The molecule has 9 nitrogen and oxygen atoms in total. The van der Waals surface area contributed by atoms with Gasteiger partial charge in [0.25, 0.3) is 0 Å². The lowest BCUT2D eigenvalue weighted by Crippen LogP contribution is -2.59. The molecule has 164 valence electrons. The van der Waals surface area contributed by atoms with E-state index in [1.807, 2.05) is 34.0 Å². The maximum Gasteiger partial charge on any atom is 0.227 e. The monoisotopic (exact) mass is 423 g/mol. The fourth-order valence-corrected chi connectivity index (χ4v) is 5.46. The third-order valence-corrected chi connectivity index (χ3v) is 7.27. The number of pyridine rings is 1. The van der Waals surface area contributed by atoms with Crippen LogP contribution in [0.3, 0.4) is 0 Å². The molecule has 4 atom stereocenters. The quantitative estimate of drug-likeness (QED) is 0.761. The summed E-state index contributed by atoms with van der Waals surface area (Å²) in [5.74, 6) is 0.412. The number of hydrogen-bond donors (Lipinski definition) is 1. The molecule has 4 aliphatic heterocycles. The van der Waals surface area contributed by atoms with Gasteiger partial charge in [0, 0.05) is 37.8 Å². The summed E-state index contributed by atoms with van der Waals surface area (Å²) in [5, 5.41) is 8.58. The lowest BCUT2D eigenvalue weighted by molar-refractivity contribution is -0.146. The Morgan fingerprint density at radius 1 is 1.10 bits per heavy atom. The number of nitrogens with zero attached hydrogens (tertiary/aromatic N) is 6. The summed E-state index contributed by atoms with van der Waals surface area (Å²) in [6.07, 6.45) is 7.17. The minimum absolute atomic E-state index is 0.0648. The number of rotatable bonds is 5. The van der Waals surface area contributed by atoms with Gasteiger partial charge in [-0.05, 0) is 50.3 Å². The fraction of sp³-hybridized carbons (Fsp3) is 0.591. The van der Waals surface area contributed by atoms with Gasteiger partial charge >= 0.3 is 0 Å². The topological polar surface area (TPSA) is 110 Å². The molecule has 4 fully saturated rings. The summed E-state index contributed by atoms with van der Waals surface area (Å²) < 4.78 is 1.90. The molecular weight excluding hydrogens is 394 g/mol. The largest absolute Gasteiger partial charge is 0.369 e. The zero-order valence-electron chi connectivity index (χ0n) is 17.6. The number of nitrogens with two attached hydrogens (primary N) is 1. The Morgan fingerprint density at radius 3 is 2.61 bits per heavy atom. The first-order valence-electron chi connectivity index (χ1n) is 11.2. The van der Waals surface area contributed by atoms with Crippen molar-refractivity contribution in [3.63, 3.8) is 0 Å². The van der Waals surface area contributed by atoms with Crippen molar-refractivity contribution in [3.8, 4) is 11.4 Å². The average Bonchev–Trinajstić information content (AvgIpc) is 3.28. The maximum absolute atomic E-state index is 13.2. The van der Waals surface area contributed by atoms with Gasteiger partial charge in [-0.25, -0.2) is 0 Å². The van der Waals surface area contributed by atoms with E-state index >= 15 is 0 Å². The summed E-state index contributed by atoms with van der Waals surface area (Å²) in [6.45, 7) is 3.92. The van der Waals surface area contributed by atoms with Crippen LogP contribution in [0.4, 0.5) is 0 Å². The van der Waals surface area contributed by atoms with E-state index in [-0.39, 0.29) is 23.7 Å². The molecule has 4 saturated heterocycles. The summed E-state index contributed by atoms with van der Waals surface area (Å²) in [4.78, 5) is 33.3. The molecule has 0 spiro atoms. The molecule has 9 heteroatoms. The number of fused-ring (bicyclic) bond motifs is 3. The van der Waals surface area contributed by atoms with E-state index in [0.717, 1.165) is 43.9 Å². The van der Waals surface area contributed by atoms with Crippen LogP contribution in [0.1, 0.15) is 25.7 Å². The van der Waals surface area contributed by atoms with E-state index in [1.165, 1.54) is 0 Å². The highest BCUT2D eigenvalue weighted by atomic mass is 16.2. The van der Waals surface area contributed by atoms with E-state index in [4.69, 9.17) is 5.73 Å². The molecule has 2 bridgehead atoms. The van der Waals surface area contributed by atoms with E-state index < -0.39 is 0 Å². The smallest absolute Gasteiger partial charge is 0.227 e. The number of carbonyl (C=O) groups excluding carboxylic acids is 2. The van der Waals surface area contributed by atoms with Crippen LogP contribution in [0.25, 0.3) is 11.4 Å². The van der Waals surface area contributed by atoms with Gasteiger partial charge in [0.05, 0.1) is 24.4 Å². The Labute approximate surface area is 181 Å². The third kappa shape index (κ3) is 4.06. The Kier molecular flexibility index (Phi) is 5.43. The SMILES string of the molecule is NC(=O)C1CCN(C(=O)C2CN3CCC2CC3Cn2cc(-c3ccccn3)nn2)CC1. The van der Waals surface area contributed by atoms with Gasteiger partial charge in [-0.1, -0.05) is 11.3 Å². The second-order valence-electron chi connectivity index (χ2n) is 9.08. The van der Waals surface area contributed by atoms with Crippen LogP contribution in [-0.4, -0.2) is 73.8 Å². The average molecular weight is 424 g/mol. The van der Waals surface area contributed by atoms with Crippen molar-refractivity contribution in [2.24, 2.45) is 23.5 Å². The number of aromatic nitrogens is 4. The van der Waals surface area contributed by atoms with E-state index in [0.29, 0.717) is 37.9 Å². The molecule has 6 heterocycles. The molecule has 4 aliphatic rings. The molecule has 2 aromatic heterocycles. The van der Waals surface area contributed by atoms with Gasteiger partial charge in [-0.15, -0.1) is 5.10 Å². The Hall–Kier alpha value is -2.81. The number of piperidine rings is 4. The van der Waals surface area contributed by atoms with Crippen molar-refractivity contribution in [2.75, 3.05) is 26.2 Å². The van der Waals surface area contributed by atoms with Crippen molar-refractivity contribution >= 4 is 11.8 Å². The molecule has 2 aromatic rings. The predicted molar refractivity (Wildman–Crippen MR) is 113 cm³/mol. The summed E-state index contributed by atoms with van der Waals surface area (Å²) in [7, 11) is 0. The zero-order chi connectivity index (χ0) is 21.4. The summed E-state index contributed by atoms with van der Waals surface area (Å²) in [6, 6.07) is 6.14. The van der Waals surface area contributed by atoms with E-state index in [2.05, 4.69) is 20.2 Å².